The number of anilines is 1. The second kappa shape index (κ2) is 6.51. The number of benzene rings is 3. The van der Waals surface area contributed by atoms with Crippen LogP contribution in [0.3, 0.4) is 0 Å². The molecular weight excluding hydrogens is 367 g/mol. The Morgan fingerprint density at radius 2 is 1.67 bits per heavy atom. The van der Waals surface area contributed by atoms with Crippen molar-refractivity contribution in [3.8, 4) is 11.5 Å². The van der Waals surface area contributed by atoms with Gasteiger partial charge < -0.3 is 4.42 Å². The summed E-state index contributed by atoms with van der Waals surface area (Å²) in [4.78, 5) is 4.53. The molecule has 5 nitrogen and oxygen atoms in total. The lowest BCUT2D eigenvalue weighted by Crippen LogP contribution is -2.12. The lowest BCUT2D eigenvalue weighted by Gasteiger charge is -2.08. The first-order chi connectivity index (χ1) is 12.9. The molecule has 0 amide bonds. The number of oxazole rings is 1. The molecular formula is C20H15FN2O3S. The third-order valence-electron chi connectivity index (χ3n) is 4.06. The minimum Gasteiger partial charge on any atom is -0.436 e. The molecule has 0 unspecified atom stereocenters. The Bertz CT molecular complexity index is 1210. The van der Waals surface area contributed by atoms with E-state index in [0.717, 1.165) is 5.56 Å². The van der Waals surface area contributed by atoms with Crippen LogP contribution in [-0.2, 0) is 10.0 Å². The molecule has 0 atom stereocenters. The number of fused-ring (bicyclic) bond motifs is 1. The standard InChI is InChI=1S/C20H15FN2O3S/c1-13-2-9-17(10-3-13)27(24,25)23-16-8-11-18-19(12-16)26-20(22-18)14-4-6-15(21)7-5-14/h2-12,23H,1H3. The first-order valence-electron chi connectivity index (χ1n) is 8.17. The highest BCUT2D eigenvalue weighted by molar-refractivity contribution is 7.92. The van der Waals surface area contributed by atoms with Gasteiger partial charge in [0.25, 0.3) is 10.0 Å². The molecule has 0 spiro atoms. The highest BCUT2D eigenvalue weighted by Gasteiger charge is 2.15. The average Bonchev–Trinajstić information content (AvgIpc) is 3.05. The minimum absolute atomic E-state index is 0.178. The predicted molar refractivity (Wildman–Crippen MR) is 101 cm³/mol. The van der Waals surface area contributed by atoms with Crippen LogP contribution in [0.5, 0.6) is 0 Å². The molecule has 4 aromatic rings. The van der Waals surface area contributed by atoms with Crippen LogP contribution < -0.4 is 4.72 Å². The average molecular weight is 382 g/mol. The molecule has 0 bridgehead atoms. The van der Waals surface area contributed by atoms with E-state index in [1.165, 1.54) is 12.1 Å². The summed E-state index contributed by atoms with van der Waals surface area (Å²) in [6, 6.07) is 17.2. The second-order valence-corrected chi connectivity index (χ2v) is 7.81. The lowest BCUT2D eigenvalue weighted by atomic mass is 10.2. The van der Waals surface area contributed by atoms with Crippen LogP contribution in [0.15, 0.2) is 76.0 Å². The number of aryl methyl sites for hydroxylation is 1. The van der Waals surface area contributed by atoms with Crippen LogP contribution in [-0.4, -0.2) is 13.4 Å². The Morgan fingerprint density at radius 1 is 0.963 bits per heavy atom. The molecule has 7 heteroatoms. The molecule has 3 aromatic carbocycles. The molecule has 4 rings (SSSR count). The number of hydrogen-bond donors (Lipinski definition) is 1. The summed E-state index contributed by atoms with van der Waals surface area (Å²) in [6.07, 6.45) is 0. The van der Waals surface area contributed by atoms with E-state index >= 15 is 0 Å². The van der Waals surface area contributed by atoms with Crippen molar-refractivity contribution in [2.24, 2.45) is 0 Å². The van der Waals surface area contributed by atoms with Crippen molar-refractivity contribution in [2.45, 2.75) is 11.8 Å². The third-order valence-corrected chi connectivity index (χ3v) is 5.46. The fourth-order valence-electron chi connectivity index (χ4n) is 2.64. The zero-order chi connectivity index (χ0) is 19.0. The summed E-state index contributed by atoms with van der Waals surface area (Å²) in [5.74, 6) is -0.00815. The van der Waals surface area contributed by atoms with Gasteiger partial charge >= 0.3 is 0 Å². The fraction of sp³-hybridized carbons (Fsp3) is 0.0500. The number of sulfonamides is 1. The monoisotopic (exact) mass is 382 g/mol. The normalized spacial score (nSPS) is 11.6. The van der Waals surface area contributed by atoms with Crippen molar-refractivity contribution in [2.75, 3.05) is 4.72 Å². The van der Waals surface area contributed by atoms with Gasteiger partial charge in [0.05, 0.1) is 10.6 Å². The predicted octanol–water partition coefficient (Wildman–Crippen LogP) is 4.74. The molecule has 0 radical (unpaired) electrons. The summed E-state index contributed by atoms with van der Waals surface area (Å²) in [7, 11) is -3.70. The number of aromatic nitrogens is 1. The van der Waals surface area contributed by atoms with Crippen molar-refractivity contribution < 1.29 is 17.2 Å². The van der Waals surface area contributed by atoms with Crippen molar-refractivity contribution in [1.82, 2.24) is 4.98 Å². The van der Waals surface area contributed by atoms with Crippen LogP contribution in [0, 0.1) is 12.7 Å². The highest BCUT2D eigenvalue weighted by Crippen LogP contribution is 2.27. The van der Waals surface area contributed by atoms with E-state index in [-0.39, 0.29) is 10.7 Å². The number of nitrogens with zero attached hydrogens (tertiary/aromatic N) is 1. The van der Waals surface area contributed by atoms with E-state index in [1.54, 1.807) is 54.6 Å². The van der Waals surface area contributed by atoms with Gasteiger partial charge in [0.2, 0.25) is 5.89 Å². The minimum atomic E-state index is -3.70. The first-order valence-corrected chi connectivity index (χ1v) is 9.65. The maximum absolute atomic E-state index is 13.1. The van der Waals surface area contributed by atoms with Crippen LogP contribution >= 0.6 is 0 Å². The smallest absolute Gasteiger partial charge is 0.261 e. The Kier molecular flexibility index (Phi) is 4.16. The summed E-state index contributed by atoms with van der Waals surface area (Å²) in [5, 5.41) is 0. The van der Waals surface area contributed by atoms with Gasteiger partial charge in [0, 0.05) is 11.6 Å². The van der Waals surface area contributed by atoms with Gasteiger partial charge in [-0.2, -0.15) is 0 Å². The SMILES string of the molecule is Cc1ccc(S(=O)(=O)Nc2ccc3nc(-c4ccc(F)cc4)oc3c2)cc1. The molecule has 27 heavy (non-hydrogen) atoms. The third kappa shape index (κ3) is 3.54. The summed E-state index contributed by atoms with van der Waals surface area (Å²) in [6.45, 7) is 1.89. The number of halogens is 1. The molecule has 136 valence electrons. The molecule has 1 N–H and O–H groups in total. The molecule has 0 aliphatic rings. The Morgan fingerprint density at radius 3 is 2.37 bits per heavy atom. The maximum Gasteiger partial charge on any atom is 0.261 e. The van der Waals surface area contributed by atoms with Gasteiger partial charge in [0.1, 0.15) is 11.3 Å². The van der Waals surface area contributed by atoms with Gasteiger partial charge in [-0.1, -0.05) is 17.7 Å². The quantitative estimate of drug-likeness (QED) is 0.553. The number of nitrogens with one attached hydrogen (secondary N) is 1. The van der Waals surface area contributed by atoms with Crippen molar-refractivity contribution in [3.63, 3.8) is 0 Å². The van der Waals surface area contributed by atoms with Crippen molar-refractivity contribution >= 4 is 26.8 Å². The van der Waals surface area contributed by atoms with Crippen LogP contribution in [0.2, 0.25) is 0 Å². The van der Waals surface area contributed by atoms with Crippen molar-refractivity contribution in [3.05, 3.63) is 78.1 Å². The zero-order valence-corrected chi connectivity index (χ0v) is 15.1. The highest BCUT2D eigenvalue weighted by atomic mass is 32.2. The molecule has 0 saturated heterocycles. The zero-order valence-electron chi connectivity index (χ0n) is 14.3. The fourth-order valence-corrected chi connectivity index (χ4v) is 3.69. The largest absolute Gasteiger partial charge is 0.436 e. The van der Waals surface area contributed by atoms with Gasteiger partial charge in [0.15, 0.2) is 5.58 Å². The van der Waals surface area contributed by atoms with Gasteiger partial charge in [-0.05, 0) is 55.5 Å². The number of hydrogen-bond acceptors (Lipinski definition) is 4. The van der Waals surface area contributed by atoms with E-state index in [4.69, 9.17) is 4.42 Å². The molecule has 1 heterocycles. The summed E-state index contributed by atoms with van der Waals surface area (Å²) < 4.78 is 46.3. The van der Waals surface area contributed by atoms with Crippen LogP contribution in [0.1, 0.15) is 5.56 Å². The van der Waals surface area contributed by atoms with Gasteiger partial charge in [-0.15, -0.1) is 0 Å². The second-order valence-electron chi connectivity index (χ2n) is 6.13. The van der Waals surface area contributed by atoms with E-state index in [1.807, 2.05) is 6.92 Å². The van der Waals surface area contributed by atoms with E-state index in [0.29, 0.717) is 28.2 Å². The Hall–Kier alpha value is -3.19. The van der Waals surface area contributed by atoms with E-state index in [2.05, 4.69) is 9.71 Å². The molecule has 0 saturated carbocycles. The molecule has 0 aliphatic heterocycles. The van der Waals surface area contributed by atoms with Crippen molar-refractivity contribution in [1.29, 1.82) is 0 Å². The summed E-state index contributed by atoms with van der Waals surface area (Å²) in [5.41, 5.74) is 2.98. The first kappa shape index (κ1) is 17.2. The molecule has 0 aliphatic carbocycles. The summed E-state index contributed by atoms with van der Waals surface area (Å²) >= 11 is 0. The lowest BCUT2D eigenvalue weighted by molar-refractivity contribution is 0.601. The Labute approximate surface area is 155 Å². The van der Waals surface area contributed by atoms with Gasteiger partial charge in [-0.3, -0.25) is 4.72 Å². The van der Waals surface area contributed by atoms with E-state index in [9.17, 15) is 12.8 Å². The Balaban J connectivity index is 1.65. The maximum atomic E-state index is 13.1. The van der Waals surface area contributed by atoms with Crippen LogP contribution in [0.4, 0.5) is 10.1 Å². The molecule has 1 aromatic heterocycles. The topological polar surface area (TPSA) is 72.2 Å². The van der Waals surface area contributed by atoms with Crippen LogP contribution in [0.25, 0.3) is 22.6 Å². The van der Waals surface area contributed by atoms with Gasteiger partial charge in [-0.25, -0.2) is 17.8 Å². The molecule has 0 fully saturated rings. The number of rotatable bonds is 4. The van der Waals surface area contributed by atoms with E-state index < -0.39 is 10.0 Å².